The van der Waals surface area contributed by atoms with Crippen molar-refractivity contribution in [3.8, 4) is 0 Å². The summed E-state index contributed by atoms with van der Waals surface area (Å²) >= 11 is 0. The third-order valence-electron chi connectivity index (χ3n) is 3.96. The van der Waals surface area contributed by atoms with Crippen molar-refractivity contribution < 1.29 is 5.11 Å². The fourth-order valence-electron chi connectivity index (χ4n) is 2.67. The van der Waals surface area contributed by atoms with Crippen LogP contribution < -0.4 is 0 Å². The Morgan fingerprint density at radius 2 is 1.93 bits per heavy atom. The molecular formula is C13H25NO. The van der Waals surface area contributed by atoms with Gasteiger partial charge in [0.15, 0.2) is 0 Å². The molecule has 0 saturated heterocycles. The Morgan fingerprint density at radius 1 is 1.40 bits per heavy atom. The molecule has 0 aromatic heterocycles. The van der Waals surface area contributed by atoms with E-state index in [4.69, 9.17) is 0 Å². The molecule has 1 aliphatic carbocycles. The van der Waals surface area contributed by atoms with Crippen LogP contribution in [-0.2, 0) is 0 Å². The third-order valence-corrected chi connectivity index (χ3v) is 3.96. The van der Waals surface area contributed by atoms with Crippen LogP contribution in [0.3, 0.4) is 0 Å². The van der Waals surface area contributed by atoms with Gasteiger partial charge in [-0.1, -0.05) is 31.9 Å². The Labute approximate surface area is 94.0 Å². The summed E-state index contributed by atoms with van der Waals surface area (Å²) in [7, 11) is 4.17. The average molecular weight is 211 g/mol. The predicted octanol–water partition coefficient (Wildman–Crippen LogP) is 2.58. The molecule has 0 aliphatic heterocycles. The van der Waals surface area contributed by atoms with Crippen LogP contribution in [-0.4, -0.2) is 35.7 Å². The number of aliphatic hydroxyl groups excluding tert-OH is 1. The van der Waals surface area contributed by atoms with E-state index in [1.807, 2.05) is 0 Å². The molecule has 0 heterocycles. The Kier molecular flexibility index (Phi) is 4.35. The molecule has 1 unspecified atom stereocenters. The van der Waals surface area contributed by atoms with Crippen molar-refractivity contribution in [3.63, 3.8) is 0 Å². The van der Waals surface area contributed by atoms with Crippen LogP contribution in [0.25, 0.3) is 0 Å². The highest BCUT2D eigenvalue weighted by Gasteiger charge is 2.42. The second-order valence-electron chi connectivity index (χ2n) is 5.03. The second kappa shape index (κ2) is 5.13. The number of aliphatic hydroxyl groups is 1. The first-order valence-corrected chi connectivity index (χ1v) is 6.05. The van der Waals surface area contributed by atoms with Gasteiger partial charge in [-0.25, -0.2) is 0 Å². The highest BCUT2D eigenvalue weighted by atomic mass is 16.3. The third kappa shape index (κ3) is 2.61. The van der Waals surface area contributed by atoms with Gasteiger partial charge in [0.05, 0.1) is 6.10 Å². The zero-order valence-electron chi connectivity index (χ0n) is 10.4. The summed E-state index contributed by atoms with van der Waals surface area (Å²) in [5.41, 5.74) is 1.17. The van der Waals surface area contributed by atoms with E-state index >= 15 is 0 Å². The van der Waals surface area contributed by atoms with E-state index in [9.17, 15) is 5.11 Å². The summed E-state index contributed by atoms with van der Waals surface area (Å²) in [4.78, 5) is 2.22. The van der Waals surface area contributed by atoms with Crippen molar-refractivity contribution in [2.24, 2.45) is 0 Å². The molecule has 1 rings (SSSR count). The SMILES string of the molecule is C=C(CC)CC(O)C1(N(C)C)CCCC1. The quantitative estimate of drug-likeness (QED) is 0.707. The highest BCUT2D eigenvalue weighted by Crippen LogP contribution is 2.38. The van der Waals surface area contributed by atoms with Gasteiger partial charge in [0.1, 0.15) is 0 Å². The number of hydrogen-bond donors (Lipinski definition) is 1. The molecule has 1 atom stereocenters. The number of hydrogen-bond acceptors (Lipinski definition) is 2. The van der Waals surface area contributed by atoms with E-state index in [-0.39, 0.29) is 11.6 Å². The Hall–Kier alpha value is -0.340. The molecule has 2 nitrogen and oxygen atoms in total. The first-order chi connectivity index (χ1) is 7.03. The molecule has 0 radical (unpaired) electrons. The molecule has 0 spiro atoms. The summed E-state index contributed by atoms with van der Waals surface area (Å²) in [5, 5.41) is 10.4. The molecule has 2 heteroatoms. The van der Waals surface area contributed by atoms with Gasteiger partial charge in [-0.05, 0) is 39.8 Å². The van der Waals surface area contributed by atoms with Crippen molar-refractivity contribution in [1.82, 2.24) is 4.90 Å². The van der Waals surface area contributed by atoms with Gasteiger partial charge >= 0.3 is 0 Å². The maximum atomic E-state index is 10.4. The molecule has 0 amide bonds. The van der Waals surface area contributed by atoms with Crippen LogP contribution in [0.4, 0.5) is 0 Å². The maximum Gasteiger partial charge on any atom is 0.0760 e. The van der Waals surface area contributed by atoms with Crippen LogP contribution in [0.2, 0.25) is 0 Å². The molecule has 15 heavy (non-hydrogen) atoms. The molecule has 88 valence electrons. The van der Waals surface area contributed by atoms with Crippen LogP contribution >= 0.6 is 0 Å². The molecule has 1 N–H and O–H groups in total. The molecular weight excluding hydrogens is 186 g/mol. The number of likely N-dealkylation sites (N-methyl/N-ethyl adjacent to an activating group) is 1. The van der Waals surface area contributed by atoms with E-state index in [1.165, 1.54) is 12.8 Å². The average Bonchev–Trinajstić information content (AvgIpc) is 2.67. The van der Waals surface area contributed by atoms with E-state index in [0.29, 0.717) is 0 Å². The van der Waals surface area contributed by atoms with Crippen LogP contribution in [0, 0.1) is 0 Å². The zero-order chi connectivity index (χ0) is 11.5. The lowest BCUT2D eigenvalue weighted by Gasteiger charge is -2.41. The highest BCUT2D eigenvalue weighted by molar-refractivity contribution is 5.05. The Morgan fingerprint density at radius 3 is 2.33 bits per heavy atom. The van der Waals surface area contributed by atoms with E-state index < -0.39 is 0 Å². The summed E-state index contributed by atoms with van der Waals surface area (Å²) in [6.07, 6.45) is 6.22. The minimum atomic E-state index is -0.248. The number of rotatable bonds is 5. The molecule has 0 aromatic rings. The zero-order valence-corrected chi connectivity index (χ0v) is 10.4. The minimum absolute atomic E-state index is 0.0120. The molecule has 1 fully saturated rings. The van der Waals surface area contributed by atoms with Crippen molar-refractivity contribution in [1.29, 1.82) is 0 Å². The summed E-state index contributed by atoms with van der Waals surface area (Å²) < 4.78 is 0. The topological polar surface area (TPSA) is 23.5 Å². The minimum Gasteiger partial charge on any atom is -0.391 e. The van der Waals surface area contributed by atoms with Gasteiger partial charge in [-0.3, -0.25) is 0 Å². The molecule has 0 aromatic carbocycles. The first-order valence-electron chi connectivity index (χ1n) is 6.05. The Bertz CT molecular complexity index is 217. The predicted molar refractivity (Wildman–Crippen MR) is 64.9 cm³/mol. The Balaban J connectivity index is 2.68. The van der Waals surface area contributed by atoms with E-state index in [2.05, 4.69) is 32.5 Å². The van der Waals surface area contributed by atoms with Gasteiger partial charge in [0.2, 0.25) is 0 Å². The van der Waals surface area contributed by atoms with Crippen molar-refractivity contribution in [2.45, 2.75) is 57.1 Å². The maximum absolute atomic E-state index is 10.4. The fourth-order valence-corrected chi connectivity index (χ4v) is 2.67. The van der Waals surface area contributed by atoms with Crippen molar-refractivity contribution in [2.75, 3.05) is 14.1 Å². The van der Waals surface area contributed by atoms with Crippen LogP contribution in [0.1, 0.15) is 45.4 Å². The fraction of sp³-hybridized carbons (Fsp3) is 0.846. The largest absolute Gasteiger partial charge is 0.391 e. The second-order valence-corrected chi connectivity index (χ2v) is 5.03. The van der Waals surface area contributed by atoms with Gasteiger partial charge in [-0.2, -0.15) is 0 Å². The molecule has 0 bridgehead atoms. The first kappa shape index (κ1) is 12.7. The molecule has 1 saturated carbocycles. The van der Waals surface area contributed by atoms with Crippen molar-refractivity contribution in [3.05, 3.63) is 12.2 Å². The van der Waals surface area contributed by atoms with E-state index in [1.54, 1.807) is 0 Å². The molecule has 1 aliphatic rings. The van der Waals surface area contributed by atoms with E-state index in [0.717, 1.165) is 31.3 Å². The van der Waals surface area contributed by atoms with Gasteiger partial charge in [-0.15, -0.1) is 0 Å². The lowest BCUT2D eigenvalue weighted by atomic mass is 9.85. The van der Waals surface area contributed by atoms with Crippen LogP contribution in [0.15, 0.2) is 12.2 Å². The smallest absolute Gasteiger partial charge is 0.0760 e. The van der Waals surface area contributed by atoms with Gasteiger partial charge < -0.3 is 10.0 Å². The summed E-state index contributed by atoms with van der Waals surface area (Å²) in [6, 6.07) is 0. The normalized spacial score (nSPS) is 21.9. The summed E-state index contributed by atoms with van der Waals surface area (Å²) in [5.74, 6) is 0. The number of nitrogens with zero attached hydrogens (tertiary/aromatic N) is 1. The lowest BCUT2D eigenvalue weighted by molar-refractivity contribution is -0.00272. The van der Waals surface area contributed by atoms with Gasteiger partial charge in [0, 0.05) is 5.54 Å². The van der Waals surface area contributed by atoms with Crippen molar-refractivity contribution >= 4 is 0 Å². The van der Waals surface area contributed by atoms with Gasteiger partial charge in [0.25, 0.3) is 0 Å². The summed E-state index contributed by atoms with van der Waals surface area (Å²) in [6.45, 7) is 6.10. The lowest BCUT2D eigenvalue weighted by Crippen LogP contribution is -2.51. The van der Waals surface area contributed by atoms with Crippen LogP contribution in [0.5, 0.6) is 0 Å². The standard InChI is InChI=1S/C13H25NO/c1-5-11(2)10-12(15)13(14(3)4)8-6-7-9-13/h12,15H,2,5-10H2,1,3-4H3. The monoisotopic (exact) mass is 211 g/mol.